The fourth-order valence-corrected chi connectivity index (χ4v) is 7.16. The molecule has 2 aromatic rings. The summed E-state index contributed by atoms with van der Waals surface area (Å²) in [5.74, 6) is -2.68. The van der Waals surface area contributed by atoms with Gasteiger partial charge in [-0.05, 0) is 81.9 Å². The normalized spacial score (nSPS) is 15.9. The average Bonchev–Trinajstić information content (AvgIpc) is 3.58. The average molecular weight is 701 g/mol. The molecule has 49 heavy (non-hydrogen) atoms. The molecule has 3 atom stereocenters. The number of unbranched alkanes of at least 4 members (excludes halogenated alkanes) is 2. The maximum atomic E-state index is 13.2. The van der Waals surface area contributed by atoms with E-state index in [0.717, 1.165) is 23.7 Å². The van der Waals surface area contributed by atoms with Gasteiger partial charge >= 0.3 is 5.97 Å². The van der Waals surface area contributed by atoms with Crippen LogP contribution < -0.4 is 32.7 Å². The molecule has 0 saturated carbocycles. The maximum Gasteiger partial charge on any atom is 0.326 e. The zero-order valence-corrected chi connectivity index (χ0v) is 28.6. The largest absolute Gasteiger partial charge is 0.480 e. The van der Waals surface area contributed by atoms with Crippen LogP contribution in [0.5, 0.6) is 0 Å². The van der Waals surface area contributed by atoms with Gasteiger partial charge in [0.05, 0.1) is 4.90 Å². The molecule has 0 bridgehead atoms. The fourth-order valence-electron chi connectivity index (χ4n) is 5.48. The molecule has 15 nitrogen and oxygen atoms in total. The van der Waals surface area contributed by atoms with E-state index >= 15 is 0 Å². The smallest absolute Gasteiger partial charge is 0.326 e. The summed E-state index contributed by atoms with van der Waals surface area (Å²) in [6.07, 6.45) is 4.22. The highest BCUT2D eigenvalue weighted by Crippen LogP contribution is 2.26. The van der Waals surface area contributed by atoms with Gasteiger partial charge < -0.3 is 37.8 Å². The number of rotatable bonds is 20. The highest BCUT2D eigenvalue weighted by Gasteiger charge is 2.40. The van der Waals surface area contributed by atoms with Gasteiger partial charge in [-0.25, -0.2) is 13.2 Å². The number of guanidine groups is 1. The SMILES string of the molecule is CNCCCCCC(=O)N[C@H](CCCN=C(N)N)C(=O)Nc1ccc(C[C@H](NC(=O)[C@@H]2CCCN2S(=O)(=O)c2ccccc2)C(=O)O)cc1. The van der Waals surface area contributed by atoms with Gasteiger partial charge in [-0.3, -0.25) is 19.4 Å². The lowest BCUT2D eigenvalue weighted by Gasteiger charge is -2.25. The molecule has 3 amide bonds. The molecule has 0 radical (unpaired) electrons. The highest BCUT2D eigenvalue weighted by molar-refractivity contribution is 7.89. The summed E-state index contributed by atoms with van der Waals surface area (Å²) in [4.78, 5) is 55.1. The fraction of sp³-hybridized carbons (Fsp3) is 0.485. The lowest BCUT2D eigenvalue weighted by atomic mass is 10.0. The van der Waals surface area contributed by atoms with E-state index in [4.69, 9.17) is 11.5 Å². The Labute approximate surface area is 287 Å². The van der Waals surface area contributed by atoms with Crippen LogP contribution in [0.4, 0.5) is 5.69 Å². The lowest BCUT2D eigenvalue weighted by Crippen LogP contribution is -2.51. The second-order valence-electron chi connectivity index (χ2n) is 11.9. The minimum absolute atomic E-state index is 0.0621. The van der Waals surface area contributed by atoms with Crippen molar-refractivity contribution in [2.24, 2.45) is 16.5 Å². The molecule has 2 aromatic carbocycles. The zero-order chi connectivity index (χ0) is 35.8. The lowest BCUT2D eigenvalue weighted by molar-refractivity contribution is -0.142. The highest BCUT2D eigenvalue weighted by atomic mass is 32.2. The van der Waals surface area contributed by atoms with Crippen molar-refractivity contribution in [3.63, 3.8) is 0 Å². The minimum atomic E-state index is -3.94. The molecule has 0 unspecified atom stereocenters. The summed E-state index contributed by atoms with van der Waals surface area (Å²) in [5, 5.41) is 21.1. The van der Waals surface area contributed by atoms with Gasteiger partial charge in [-0.2, -0.15) is 4.31 Å². The number of benzene rings is 2. The third-order valence-electron chi connectivity index (χ3n) is 8.06. The predicted molar refractivity (Wildman–Crippen MR) is 186 cm³/mol. The van der Waals surface area contributed by atoms with Crippen molar-refractivity contribution in [1.82, 2.24) is 20.3 Å². The number of sulfonamides is 1. The first-order chi connectivity index (χ1) is 23.4. The van der Waals surface area contributed by atoms with Gasteiger partial charge in [0.1, 0.15) is 18.1 Å². The number of aliphatic carboxylic acids is 1. The standard InChI is InChI=1S/C33H48N8O7S/c1-36-19-7-3-6-14-29(42)39-26(12-8-20-37-33(34)35)30(43)38-24-17-15-23(16-18-24)22-27(32(45)46)40-31(44)28-13-9-21-41(28)49(47,48)25-10-4-2-5-11-25/h2,4-5,10-11,15-18,26-28,36H,3,6-9,12-14,19-22H2,1H3,(H,38,43)(H,39,42)(H,40,44)(H,45,46)(H4,34,35,37)/t26-,27+,28+/m1/s1. The van der Waals surface area contributed by atoms with Crippen LogP contribution in [0.15, 0.2) is 64.5 Å². The van der Waals surface area contributed by atoms with Gasteiger partial charge in [0.15, 0.2) is 5.96 Å². The predicted octanol–water partition coefficient (Wildman–Crippen LogP) is 0.909. The van der Waals surface area contributed by atoms with E-state index in [-0.39, 0.29) is 36.1 Å². The number of hydrogen-bond donors (Lipinski definition) is 7. The summed E-state index contributed by atoms with van der Waals surface area (Å²) in [7, 11) is -2.07. The molecule has 0 aromatic heterocycles. The van der Waals surface area contributed by atoms with E-state index < -0.39 is 45.9 Å². The first-order valence-electron chi connectivity index (χ1n) is 16.4. The molecule has 1 aliphatic heterocycles. The molecule has 1 fully saturated rings. The van der Waals surface area contributed by atoms with Crippen LogP contribution in [0.2, 0.25) is 0 Å². The van der Waals surface area contributed by atoms with E-state index in [9.17, 15) is 32.7 Å². The summed E-state index contributed by atoms with van der Waals surface area (Å²) in [6, 6.07) is 11.0. The Hall–Kier alpha value is -4.54. The topological polar surface area (TPSA) is 238 Å². The van der Waals surface area contributed by atoms with E-state index in [1.54, 1.807) is 42.5 Å². The number of nitrogens with zero attached hydrogens (tertiary/aromatic N) is 2. The summed E-state index contributed by atoms with van der Waals surface area (Å²) < 4.78 is 27.5. The zero-order valence-electron chi connectivity index (χ0n) is 27.8. The van der Waals surface area contributed by atoms with E-state index in [1.807, 2.05) is 7.05 Å². The Morgan fingerprint density at radius 3 is 2.33 bits per heavy atom. The van der Waals surface area contributed by atoms with Crippen LogP contribution in [0.1, 0.15) is 56.9 Å². The third kappa shape index (κ3) is 12.5. The van der Waals surface area contributed by atoms with Crippen molar-refractivity contribution in [3.8, 4) is 0 Å². The summed E-state index contributed by atoms with van der Waals surface area (Å²) in [6.45, 7) is 1.31. The van der Waals surface area contributed by atoms with Crippen molar-refractivity contribution in [2.45, 2.75) is 80.8 Å². The maximum absolute atomic E-state index is 13.2. The quantitative estimate of drug-likeness (QED) is 0.0585. The second kappa shape index (κ2) is 19.5. The van der Waals surface area contributed by atoms with Crippen LogP contribution >= 0.6 is 0 Å². The molecule has 1 heterocycles. The molecule has 3 rings (SSSR count). The minimum Gasteiger partial charge on any atom is -0.480 e. The number of nitrogens with two attached hydrogens (primary N) is 2. The van der Waals surface area contributed by atoms with Crippen LogP contribution in [0.25, 0.3) is 0 Å². The van der Waals surface area contributed by atoms with Gasteiger partial charge in [0.25, 0.3) is 0 Å². The molecule has 268 valence electrons. The van der Waals surface area contributed by atoms with E-state index in [0.29, 0.717) is 49.9 Å². The number of anilines is 1. The second-order valence-corrected chi connectivity index (χ2v) is 13.8. The Kier molecular flexibility index (Phi) is 15.4. The number of carbonyl (C=O) groups excluding carboxylic acids is 3. The van der Waals surface area contributed by atoms with Crippen LogP contribution in [-0.4, -0.2) is 92.3 Å². The Bertz CT molecular complexity index is 1530. The summed E-state index contributed by atoms with van der Waals surface area (Å²) >= 11 is 0. The van der Waals surface area contributed by atoms with Crippen molar-refractivity contribution in [2.75, 3.05) is 32.0 Å². The molecule has 9 N–H and O–H groups in total. The Morgan fingerprint density at radius 1 is 0.959 bits per heavy atom. The first kappa shape index (κ1) is 38.9. The van der Waals surface area contributed by atoms with Crippen molar-refractivity contribution >= 4 is 45.4 Å². The molecule has 1 saturated heterocycles. The van der Waals surface area contributed by atoms with Gasteiger partial charge in [0.2, 0.25) is 27.7 Å². The summed E-state index contributed by atoms with van der Waals surface area (Å²) in [5.41, 5.74) is 11.8. The number of nitrogens with one attached hydrogen (secondary N) is 4. The van der Waals surface area contributed by atoms with Crippen molar-refractivity contribution in [3.05, 3.63) is 60.2 Å². The van der Waals surface area contributed by atoms with Crippen LogP contribution in [0, 0.1) is 0 Å². The molecule has 0 spiro atoms. The number of hydrogen-bond acceptors (Lipinski definition) is 8. The van der Waals surface area contributed by atoms with Crippen molar-refractivity contribution < 1.29 is 32.7 Å². The molecule has 1 aliphatic rings. The van der Waals surface area contributed by atoms with Crippen molar-refractivity contribution in [1.29, 1.82) is 0 Å². The number of carboxylic acid groups (broad SMARTS) is 1. The van der Waals surface area contributed by atoms with Gasteiger partial charge in [-0.1, -0.05) is 36.8 Å². The van der Waals surface area contributed by atoms with E-state index in [1.165, 1.54) is 12.1 Å². The van der Waals surface area contributed by atoms with Gasteiger partial charge in [0, 0.05) is 31.6 Å². The number of amides is 3. The van der Waals surface area contributed by atoms with Crippen LogP contribution in [-0.2, 0) is 35.6 Å². The Balaban J connectivity index is 1.61. The molecular formula is C33H48N8O7S. The number of carbonyl (C=O) groups is 4. The molecule has 16 heteroatoms. The van der Waals surface area contributed by atoms with E-state index in [2.05, 4.69) is 26.3 Å². The monoisotopic (exact) mass is 700 g/mol. The Morgan fingerprint density at radius 2 is 1.67 bits per heavy atom. The third-order valence-corrected chi connectivity index (χ3v) is 9.98. The molecule has 0 aliphatic carbocycles. The first-order valence-corrected chi connectivity index (χ1v) is 17.9. The van der Waals surface area contributed by atoms with Crippen LogP contribution in [0.3, 0.4) is 0 Å². The number of aliphatic imine (C=N–C) groups is 1. The number of carboxylic acids is 1. The van der Waals surface area contributed by atoms with Gasteiger partial charge in [-0.15, -0.1) is 0 Å². The molecular weight excluding hydrogens is 652 g/mol.